The molecule has 5 nitrogen and oxygen atoms in total. The average molecular weight is 320 g/mol. The third-order valence-corrected chi connectivity index (χ3v) is 4.61. The smallest absolute Gasteiger partial charge is 0.180 e. The number of nitrogens with zero attached hydrogens (tertiary/aromatic N) is 1. The SMILES string of the molecule is COc1ccc([C@H]2CC(C3C(=O)c4ccccc4C3=O)=NN2)cc1. The summed E-state index contributed by atoms with van der Waals surface area (Å²) < 4.78 is 5.16. The van der Waals surface area contributed by atoms with Crippen LogP contribution in [0.3, 0.4) is 0 Å². The lowest BCUT2D eigenvalue weighted by molar-refractivity contribution is 0.0882. The first kappa shape index (κ1) is 14.6. The highest BCUT2D eigenvalue weighted by Gasteiger charge is 2.43. The second-order valence-electron chi connectivity index (χ2n) is 5.97. The van der Waals surface area contributed by atoms with E-state index in [0.29, 0.717) is 23.3 Å². The van der Waals surface area contributed by atoms with Crippen molar-refractivity contribution < 1.29 is 14.3 Å². The fraction of sp³-hybridized carbons (Fsp3) is 0.211. The van der Waals surface area contributed by atoms with Gasteiger partial charge in [0.2, 0.25) is 0 Å². The van der Waals surface area contributed by atoms with E-state index in [9.17, 15) is 9.59 Å². The van der Waals surface area contributed by atoms with E-state index in [1.165, 1.54) is 0 Å². The molecule has 2 aliphatic rings. The number of fused-ring (bicyclic) bond motifs is 1. The Morgan fingerprint density at radius 1 is 1.00 bits per heavy atom. The molecule has 0 saturated heterocycles. The normalized spacial score (nSPS) is 19.9. The zero-order chi connectivity index (χ0) is 16.7. The highest BCUT2D eigenvalue weighted by Crippen LogP contribution is 2.33. The van der Waals surface area contributed by atoms with Crippen molar-refractivity contribution in [2.24, 2.45) is 11.0 Å². The molecule has 4 rings (SSSR count). The van der Waals surface area contributed by atoms with E-state index in [1.807, 2.05) is 24.3 Å². The van der Waals surface area contributed by atoms with Crippen LogP contribution in [0, 0.1) is 5.92 Å². The van der Waals surface area contributed by atoms with Gasteiger partial charge in [0.05, 0.1) is 18.9 Å². The van der Waals surface area contributed by atoms with Crippen molar-refractivity contribution in [2.75, 3.05) is 7.11 Å². The molecule has 0 bridgehead atoms. The molecule has 2 aromatic rings. The maximum absolute atomic E-state index is 12.6. The first-order valence-electron chi connectivity index (χ1n) is 7.82. The summed E-state index contributed by atoms with van der Waals surface area (Å²) in [6.07, 6.45) is 0.544. The van der Waals surface area contributed by atoms with Crippen LogP contribution < -0.4 is 10.2 Å². The molecule has 1 aliphatic heterocycles. The largest absolute Gasteiger partial charge is 0.497 e. The molecule has 0 fully saturated rings. The number of hydrogen-bond donors (Lipinski definition) is 1. The van der Waals surface area contributed by atoms with E-state index in [-0.39, 0.29) is 17.6 Å². The molecule has 120 valence electrons. The van der Waals surface area contributed by atoms with E-state index in [4.69, 9.17) is 4.74 Å². The molecular formula is C19H16N2O3. The molecule has 0 aromatic heterocycles. The van der Waals surface area contributed by atoms with Gasteiger partial charge in [-0.15, -0.1) is 0 Å². The van der Waals surface area contributed by atoms with Crippen LogP contribution in [0.2, 0.25) is 0 Å². The van der Waals surface area contributed by atoms with Crippen LogP contribution in [-0.2, 0) is 0 Å². The number of ether oxygens (including phenoxy) is 1. The van der Waals surface area contributed by atoms with Crippen molar-refractivity contribution in [2.45, 2.75) is 12.5 Å². The molecule has 0 unspecified atom stereocenters. The molecule has 1 aliphatic carbocycles. The molecule has 0 saturated carbocycles. The number of methoxy groups -OCH3 is 1. The summed E-state index contributed by atoms with van der Waals surface area (Å²) >= 11 is 0. The Labute approximate surface area is 139 Å². The number of carbonyl (C=O) groups is 2. The summed E-state index contributed by atoms with van der Waals surface area (Å²) in [5, 5.41) is 4.30. The summed E-state index contributed by atoms with van der Waals surface area (Å²) in [5.74, 6) is -0.286. The number of ketones is 2. The van der Waals surface area contributed by atoms with Crippen molar-refractivity contribution in [1.82, 2.24) is 5.43 Å². The van der Waals surface area contributed by atoms with Gasteiger partial charge < -0.3 is 10.2 Å². The summed E-state index contributed by atoms with van der Waals surface area (Å²) in [7, 11) is 1.62. The fourth-order valence-electron chi connectivity index (χ4n) is 3.32. The van der Waals surface area contributed by atoms with Crippen LogP contribution in [0.5, 0.6) is 5.75 Å². The molecule has 0 radical (unpaired) electrons. The van der Waals surface area contributed by atoms with Crippen molar-refractivity contribution in [1.29, 1.82) is 0 Å². The second-order valence-corrected chi connectivity index (χ2v) is 5.97. The van der Waals surface area contributed by atoms with Crippen LogP contribution in [-0.4, -0.2) is 24.4 Å². The number of carbonyl (C=O) groups excluding carboxylic acids is 2. The van der Waals surface area contributed by atoms with E-state index in [0.717, 1.165) is 11.3 Å². The molecule has 1 atom stereocenters. The van der Waals surface area contributed by atoms with Crippen LogP contribution in [0.1, 0.15) is 38.7 Å². The zero-order valence-corrected chi connectivity index (χ0v) is 13.2. The summed E-state index contributed by atoms with van der Waals surface area (Å²) in [6.45, 7) is 0. The molecule has 0 spiro atoms. The summed E-state index contributed by atoms with van der Waals surface area (Å²) in [5.41, 5.74) is 5.71. The Morgan fingerprint density at radius 3 is 2.21 bits per heavy atom. The molecular weight excluding hydrogens is 304 g/mol. The Hall–Kier alpha value is -2.95. The van der Waals surface area contributed by atoms with E-state index in [1.54, 1.807) is 31.4 Å². The number of hydrogen-bond acceptors (Lipinski definition) is 5. The topological polar surface area (TPSA) is 67.8 Å². The minimum absolute atomic E-state index is 0.0322. The van der Waals surface area contributed by atoms with Gasteiger partial charge in [0.1, 0.15) is 11.7 Å². The maximum Gasteiger partial charge on any atom is 0.180 e. The Balaban J connectivity index is 1.55. The third kappa shape index (κ3) is 2.21. The van der Waals surface area contributed by atoms with Gasteiger partial charge in [0.15, 0.2) is 11.6 Å². The molecule has 1 heterocycles. The Bertz CT molecular complexity index is 820. The predicted molar refractivity (Wildman–Crippen MR) is 89.5 cm³/mol. The molecule has 1 N–H and O–H groups in total. The van der Waals surface area contributed by atoms with Gasteiger partial charge in [-0.1, -0.05) is 36.4 Å². The standard InChI is InChI=1S/C19H16N2O3/c1-24-12-8-6-11(7-9-12)15-10-16(21-20-15)17-18(22)13-4-2-3-5-14(13)19(17)23/h2-9,15,17,20H,10H2,1H3/t15-/m1/s1. The zero-order valence-electron chi connectivity index (χ0n) is 13.2. The molecule has 24 heavy (non-hydrogen) atoms. The lowest BCUT2D eigenvalue weighted by atomic mass is 9.92. The number of Topliss-reactive ketones (excluding diaryl/α,β-unsaturated/α-hetero) is 2. The van der Waals surface area contributed by atoms with Crippen LogP contribution in [0.25, 0.3) is 0 Å². The lowest BCUT2D eigenvalue weighted by Crippen LogP contribution is -2.24. The van der Waals surface area contributed by atoms with Gasteiger partial charge >= 0.3 is 0 Å². The summed E-state index contributed by atoms with van der Waals surface area (Å²) in [6, 6.07) is 14.6. The van der Waals surface area contributed by atoms with Crippen molar-refractivity contribution >= 4 is 17.3 Å². The Kier molecular flexibility index (Phi) is 3.41. The average Bonchev–Trinajstić information content (AvgIpc) is 3.19. The first-order valence-corrected chi connectivity index (χ1v) is 7.82. The monoisotopic (exact) mass is 320 g/mol. The van der Waals surface area contributed by atoms with Crippen molar-refractivity contribution in [3.05, 3.63) is 65.2 Å². The third-order valence-electron chi connectivity index (χ3n) is 4.61. The number of rotatable bonds is 3. The number of hydrazone groups is 1. The van der Waals surface area contributed by atoms with Gasteiger partial charge in [0.25, 0.3) is 0 Å². The van der Waals surface area contributed by atoms with Gasteiger partial charge in [-0.3, -0.25) is 9.59 Å². The second kappa shape index (κ2) is 5.60. The van der Waals surface area contributed by atoms with E-state index in [2.05, 4.69) is 10.5 Å². The van der Waals surface area contributed by atoms with Gasteiger partial charge in [0, 0.05) is 17.5 Å². The maximum atomic E-state index is 12.6. The predicted octanol–water partition coefficient (Wildman–Crippen LogP) is 2.78. The quantitative estimate of drug-likeness (QED) is 0.883. The fourth-order valence-corrected chi connectivity index (χ4v) is 3.32. The Morgan fingerprint density at radius 2 is 1.62 bits per heavy atom. The van der Waals surface area contributed by atoms with Gasteiger partial charge in [-0.25, -0.2) is 0 Å². The molecule has 2 aromatic carbocycles. The minimum atomic E-state index is -0.779. The van der Waals surface area contributed by atoms with Crippen molar-refractivity contribution in [3.8, 4) is 5.75 Å². The van der Waals surface area contributed by atoms with E-state index >= 15 is 0 Å². The highest BCUT2D eigenvalue weighted by atomic mass is 16.5. The van der Waals surface area contributed by atoms with Crippen LogP contribution in [0.15, 0.2) is 53.6 Å². The number of benzene rings is 2. The first-order chi connectivity index (χ1) is 11.7. The molecule has 5 heteroatoms. The lowest BCUT2D eigenvalue weighted by Gasteiger charge is -2.11. The van der Waals surface area contributed by atoms with Crippen molar-refractivity contribution in [3.63, 3.8) is 0 Å². The highest BCUT2D eigenvalue weighted by molar-refractivity contribution is 6.36. The number of nitrogens with one attached hydrogen (secondary N) is 1. The van der Waals surface area contributed by atoms with Gasteiger partial charge in [-0.2, -0.15) is 5.10 Å². The summed E-state index contributed by atoms with van der Waals surface area (Å²) in [4.78, 5) is 25.1. The van der Waals surface area contributed by atoms with Gasteiger partial charge in [-0.05, 0) is 17.7 Å². The minimum Gasteiger partial charge on any atom is -0.497 e. The van der Waals surface area contributed by atoms with Crippen LogP contribution >= 0.6 is 0 Å². The van der Waals surface area contributed by atoms with Crippen LogP contribution in [0.4, 0.5) is 0 Å². The van der Waals surface area contributed by atoms with E-state index < -0.39 is 5.92 Å². The molecule has 0 amide bonds.